The maximum absolute atomic E-state index is 13.9. The fraction of sp³-hybridized carbons (Fsp3) is 0.600. The molecule has 1 nitrogen and oxygen atoms in total. The van der Waals surface area contributed by atoms with Crippen molar-refractivity contribution in [2.75, 3.05) is 0 Å². The molecule has 3 heteroatoms. The van der Waals surface area contributed by atoms with Crippen molar-refractivity contribution >= 4 is 0 Å². The van der Waals surface area contributed by atoms with Gasteiger partial charge in [-0.3, -0.25) is 0 Å². The number of hydrogen-bond acceptors (Lipinski definition) is 1. The SMILES string of the molecule is Cc1ccc(F)c(C(O)CC2CCCCC2)c1F. The lowest BCUT2D eigenvalue weighted by molar-refractivity contribution is 0.123. The topological polar surface area (TPSA) is 20.2 Å². The molecule has 2 rings (SSSR count). The molecule has 1 aliphatic rings. The highest BCUT2D eigenvalue weighted by Crippen LogP contribution is 2.34. The first-order valence-electron chi connectivity index (χ1n) is 6.72. The van der Waals surface area contributed by atoms with E-state index in [4.69, 9.17) is 0 Å². The standard InChI is InChI=1S/C15H20F2O/c1-10-7-8-12(16)14(15(10)17)13(18)9-11-5-3-2-4-6-11/h7-8,11,13,18H,2-6,9H2,1H3. The van der Waals surface area contributed by atoms with Crippen LogP contribution in [0.15, 0.2) is 12.1 Å². The van der Waals surface area contributed by atoms with E-state index in [0.29, 0.717) is 17.9 Å². The predicted octanol–water partition coefficient (Wildman–Crippen LogP) is 4.28. The van der Waals surface area contributed by atoms with Crippen LogP contribution in [0, 0.1) is 24.5 Å². The van der Waals surface area contributed by atoms with Gasteiger partial charge in [0.2, 0.25) is 0 Å². The molecule has 0 saturated heterocycles. The van der Waals surface area contributed by atoms with Gasteiger partial charge in [-0.2, -0.15) is 0 Å². The Kier molecular flexibility index (Phi) is 4.33. The molecule has 1 unspecified atom stereocenters. The summed E-state index contributed by atoms with van der Waals surface area (Å²) in [7, 11) is 0. The third-order valence-electron chi connectivity index (χ3n) is 3.93. The Morgan fingerprint density at radius 2 is 1.89 bits per heavy atom. The molecule has 1 N–H and O–H groups in total. The van der Waals surface area contributed by atoms with Crippen molar-refractivity contribution in [1.82, 2.24) is 0 Å². The monoisotopic (exact) mass is 254 g/mol. The normalized spacial score (nSPS) is 18.9. The Hall–Kier alpha value is -0.960. The fourth-order valence-electron chi connectivity index (χ4n) is 2.84. The molecule has 18 heavy (non-hydrogen) atoms. The van der Waals surface area contributed by atoms with E-state index >= 15 is 0 Å². The molecular formula is C15H20F2O. The molecule has 1 atom stereocenters. The Bertz CT molecular complexity index is 411. The van der Waals surface area contributed by atoms with Crippen molar-refractivity contribution < 1.29 is 13.9 Å². The quantitative estimate of drug-likeness (QED) is 0.853. The van der Waals surface area contributed by atoms with Crippen LogP contribution in [0.4, 0.5) is 8.78 Å². The summed E-state index contributed by atoms with van der Waals surface area (Å²) in [5.74, 6) is -0.840. The summed E-state index contributed by atoms with van der Waals surface area (Å²) in [5.41, 5.74) is 0.231. The molecule has 0 aromatic heterocycles. The Balaban J connectivity index is 2.12. The van der Waals surface area contributed by atoms with Gasteiger partial charge in [0, 0.05) is 0 Å². The lowest BCUT2D eigenvalue weighted by Gasteiger charge is -2.24. The predicted molar refractivity (Wildman–Crippen MR) is 67.2 cm³/mol. The van der Waals surface area contributed by atoms with Crippen molar-refractivity contribution in [1.29, 1.82) is 0 Å². The second-order valence-electron chi connectivity index (χ2n) is 5.35. The molecule has 0 spiro atoms. The summed E-state index contributed by atoms with van der Waals surface area (Å²) < 4.78 is 27.5. The third-order valence-corrected chi connectivity index (χ3v) is 3.93. The van der Waals surface area contributed by atoms with Crippen molar-refractivity contribution in [3.05, 3.63) is 34.9 Å². The van der Waals surface area contributed by atoms with Gasteiger partial charge in [0.1, 0.15) is 11.6 Å². The molecule has 1 fully saturated rings. The Morgan fingerprint density at radius 3 is 2.56 bits per heavy atom. The van der Waals surface area contributed by atoms with E-state index in [9.17, 15) is 13.9 Å². The molecule has 1 saturated carbocycles. The number of aliphatic hydroxyl groups is 1. The number of benzene rings is 1. The van der Waals surface area contributed by atoms with Crippen LogP contribution in [0.5, 0.6) is 0 Å². The first kappa shape index (κ1) is 13.5. The van der Waals surface area contributed by atoms with Gasteiger partial charge in [-0.25, -0.2) is 8.78 Å². The van der Waals surface area contributed by atoms with Gasteiger partial charge in [0.25, 0.3) is 0 Å². The molecule has 1 aromatic rings. The number of halogens is 2. The van der Waals surface area contributed by atoms with Crippen LogP contribution < -0.4 is 0 Å². The van der Waals surface area contributed by atoms with Crippen LogP contribution in [0.3, 0.4) is 0 Å². The van der Waals surface area contributed by atoms with Crippen molar-refractivity contribution in [3.63, 3.8) is 0 Å². The molecule has 0 radical (unpaired) electrons. The van der Waals surface area contributed by atoms with E-state index in [2.05, 4.69) is 0 Å². The van der Waals surface area contributed by atoms with Crippen LogP contribution >= 0.6 is 0 Å². The van der Waals surface area contributed by atoms with Gasteiger partial charge in [0.15, 0.2) is 0 Å². The zero-order valence-electron chi connectivity index (χ0n) is 10.8. The van der Waals surface area contributed by atoms with Crippen molar-refractivity contribution in [3.8, 4) is 0 Å². The van der Waals surface area contributed by atoms with Gasteiger partial charge in [-0.1, -0.05) is 38.2 Å². The minimum absolute atomic E-state index is 0.152. The minimum Gasteiger partial charge on any atom is -0.388 e. The second-order valence-corrected chi connectivity index (χ2v) is 5.35. The molecule has 1 aliphatic carbocycles. The van der Waals surface area contributed by atoms with Crippen LogP contribution in [-0.2, 0) is 0 Å². The molecule has 0 aliphatic heterocycles. The smallest absolute Gasteiger partial charge is 0.134 e. The molecular weight excluding hydrogens is 234 g/mol. The van der Waals surface area contributed by atoms with E-state index in [-0.39, 0.29) is 5.56 Å². The summed E-state index contributed by atoms with van der Waals surface area (Å²) in [6.07, 6.45) is 5.13. The number of aryl methyl sites for hydroxylation is 1. The Morgan fingerprint density at radius 1 is 1.22 bits per heavy atom. The molecule has 100 valence electrons. The van der Waals surface area contributed by atoms with Gasteiger partial charge >= 0.3 is 0 Å². The lowest BCUT2D eigenvalue weighted by Crippen LogP contribution is -2.13. The van der Waals surface area contributed by atoms with E-state index in [1.165, 1.54) is 18.6 Å². The van der Waals surface area contributed by atoms with Crippen LogP contribution in [0.1, 0.15) is 55.8 Å². The minimum atomic E-state index is -1.02. The summed E-state index contributed by atoms with van der Waals surface area (Å²) >= 11 is 0. The first-order valence-corrected chi connectivity index (χ1v) is 6.72. The molecule has 1 aromatic carbocycles. The third kappa shape index (κ3) is 2.89. The average molecular weight is 254 g/mol. The van der Waals surface area contributed by atoms with Gasteiger partial charge < -0.3 is 5.11 Å². The van der Waals surface area contributed by atoms with Gasteiger partial charge in [-0.05, 0) is 30.9 Å². The molecule has 0 bridgehead atoms. The van der Waals surface area contributed by atoms with Crippen LogP contribution in [0.25, 0.3) is 0 Å². The maximum atomic E-state index is 13.9. The van der Waals surface area contributed by atoms with Crippen LogP contribution in [0.2, 0.25) is 0 Å². The van der Waals surface area contributed by atoms with E-state index in [1.807, 2.05) is 0 Å². The summed E-state index contributed by atoms with van der Waals surface area (Å²) in [5, 5.41) is 10.1. The largest absolute Gasteiger partial charge is 0.388 e. The second kappa shape index (κ2) is 5.79. The Labute approximate surface area is 107 Å². The zero-order valence-corrected chi connectivity index (χ0v) is 10.8. The average Bonchev–Trinajstić information content (AvgIpc) is 2.36. The number of aliphatic hydroxyl groups excluding tert-OH is 1. The summed E-state index contributed by atoms with van der Waals surface area (Å²) in [6, 6.07) is 2.64. The van der Waals surface area contributed by atoms with E-state index < -0.39 is 17.7 Å². The molecule has 0 amide bonds. The highest BCUT2D eigenvalue weighted by atomic mass is 19.1. The highest BCUT2D eigenvalue weighted by Gasteiger charge is 2.24. The van der Waals surface area contributed by atoms with Crippen molar-refractivity contribution in [2.24, 2.45) is 5.92 Å². The number of hydrogen-bond donors (Lipinski definition) is 1. The van der Waals surface area contributed by atoms with E-state index in [1.54, 1.807) is 6.92 Å². The maximum Gasteiger partial charge on any atom is 0.134 e. The van der Waals surface area contributed by atoms with Gasteiger partial charge in [-0.15, -0.1) is 0 Å². The molecule has 0 heterocycles. The fourth-order valence-corrected chi connectivity index (χ4v) is 2.84. The zero-order chi connectivity index (χ0) is 13.1. The van der Waals surface area contributed by atoms with E-state index in [0.717, 1.165) is 25.7 Å². The van der Waals surface area contributed by atoms with Crippen LogP contribution in [-0.4, -0.2) is 5.11 Å². The highest BCUT2D eigenvalue weighted by molar-refractivity contribution is 5.28. The van der Waals surface area contributed by atoms with Crippen molar-refractivity contribution in [2.45, 2.75) is 51.6 Å². The number of rotatable bonds is 3. The lowest BCUT2D eigenvalue weighted by atomic mass is 9.84. The van der Waals surface area contributed by atoms with Gasteiger partial charge in [0.05, 0.1) is 11.7 Å². The summed E-state index contributed by atoms with van der Waals surface area (Å²) in [4.78, 5) is 0. The summed E-state index contributed by atoms with van der Waals surface area (Å²) in [6.45, 7) is 1.59. The first-order chi connectivity index (χ1) is 8.59.